The first-order valence-electron chi connectivity index (χ1n) is 15.3. The summed E-state index contributed by atoms with van der Waals surface area (Å²) in [5.74, 6) is 0.0653. The molecule has 6 rings (SSSR count). The van der Waals surface area contributed by atoms with Crippen LogP contribution in [0.4, 0.5) is 19.9 Å². The topological polar surface area (TPSA) is 173 Å². The third-order valence-electron chi connectivity index (χ3n) is 6.94. The number of hydrogen-bond acceptors (Lipinski definition) is 10. The number of phenols is 2. The molecule has 17 heteroatoms. The van der Waals surface area contributed by atoms with Crippen LogP contribution in [0.25, 0.3) is 22.5 Å². The van der Waals surface area contributed by atoms with Gasteiger partial charge in [0.05, 0.1) is 22.8 Å². The predicted molar refractivity (Wildman–Crippen MR) is 210 cm³/mol. The van der Waals surface area contributed by atoms with E-state index in [1.165, 1.54) is 34.8 Å². The Morgan fingerprint density at radius 3 is 1.38 bits per heavy atom. The predicted octanol–water partition coefficient (Wildman–Crippen LogP) is 9.43. The number of halogens is 2. The van der Waals surface area contributed by atoms with E-state index >= 15 is 0 Å². The summed E-state index contributed by atoms with van der Waals surface area (Å²) in [4.78, 5) is 32.7. The van der Waals surface area contributed by atoms with Crippen molar-refractivity contribution in [2.45, 2.75) is 13.8 Å². The molecule has 0 aliphatic heterocycles. The maximum Gasteiger partial charge on any atom is 0.341 e. The van der Waals surface area contributed by atoms with Crippen LogP contribution in [0.5, 0.6) is 11.5 Å². The molecule has 0 atom stereocenters. The van der Waals surface area contributed by atoms with Gasteiger partial charge < -0.3 is 10.2 Å². The fraction of sp³-hybridized carbons (Fsp3) is 0.0556. The number of benzene rings is 4. The minimum absolute atomic E-state index is 0. The molecule has 1 radical (unpaired) electrons. The van der Waals surface area contributed by atoms with Crippen molar-refractivity contribution in [3.05, 3.63) is 129 Å². The molecule has 0 saturated carbocycles. The summed E-state index contributed by atoms with van der Waals surface area (Å²) in [5, 5.41) is 38.5. The molecular weight excluding hydrogens is 807 g/mol. The number of aromatic nitrogens is 2. The Labute approximate surface area is 333 Å². The normalized spacial score (nSPS) is 11.0. The summed E-state index contributed by atoms with van der Waals surface area (Å²) >= 11 is 14.5. The Morgan fingerprint density at radius 2 is 1.00 bits per heavy atom. The number of hydrogen-bond donors (Lipinski definition) is 6. The number of amides is 4. The van der Waals surface area contributed by atoms with Crippen LogP contribution in [0.15, 0.2) is 118 Å². The largest absolute Gasteiger partial charge is 0.507 e. The molecule has 4 amide bonds. The van der Waals surface area contributed by atoms with E-state index in [1.807, 2.05) is 71.4 Å². The van der Waals surface area contributed by atoms with Crippen molar-refractivity contribution in [3.63, 3.8) is 0 Å². The number of carbonyl (C=O) groups excluding carboxylic acids is 2. The maximum absolute atomic E-state index is 12.0. The zero-order valence-electron chi connectivity index (χ0n) is 27.8. The number of thiazole rings is 2. The number of hydrazone groups is 2. The molecule has 2 heterocycles. The molecule has 2 aromatic heterocycles. The maximum atomic E-state index is 12.0. The smallest absolute Gasteiger partial charge is 0.341 e. The number of urea groups is 2. The Morgan fingerprint density at radius 1 is 0.623 bits per heavy atom. The summed E-state index contributed by atoms with van der Waals surface area (Å²) in [6.07, 6.45) is 0. The molecule has 12 nitrogen and oxygen atoms in total. The van der Waals surface area contributed by atoms with E-state index in [0.29, 0.717) is 42.9 Å². The number of aromatic hydroxyl groups is 2. The van der Waals surface area contributed by atoms with E-state index in [4.69, 9.17) is 23.2 Å². The van der Waals surface area contributed by atoms with E-state index in [9.17, 15) is 19.8 Å². The van der Waals surface area contributed by atoms with E-state index < -0.39 is 12.1 Å². The number of carbonyl (C=O) groups is 2. The first-order valence-corrected chi connectivity index (χ1v) is 17.8. The molecule has 0 bridgehead atoms. The average Bonchev–Trinajstić information content (AvgIpc) is 3.82. The number of rotatable bonds is 8. The molecule has 0 spiro atoms. The number of nitrogens with zero attached hydrogens (tertiary/aromatic N) is 4. The number of anilines is 2. The van der Waals surface area contributed by atoms with Crippen molar-refractivity contribution < 1.29 is 36.9 Å². The first-order chi connectivity index (χ1) is 25.0. The molecule has 0 aliphatic carbocycles. The third-order valence-corrected chi connectivity index (χ3v) is 8.92. The second kappa shape index (κ2) is 19.5. The molecule has 6 aromatic rings. The van der Waals surface area contributed by atoms with Gasteiger partial charge in [0.1, 0.15) is 11.5 Å². The van der Waals surface area contributed by atoms with Gasteiger partial charge in [0.15, 0.2) is 10.3 Å². The third kappa shape index (κ3) is 11.9. The standard InChI is InChI=1S/2C18H15ClN4O2S.Cu/c2*1-11(14-9-13(19)7-8-16(14)24)22-23-17(25)21-18-20-15(10-26-18)12-5-3-2-4-6-12;/h2*2-10,24H,1H3,(H2,20,21,23,25);/b2*22-11-;. The van der Waals surface area contributed by atoms with Gasteiger partial charge in [-0.3, -0.25) is 10.6 Å². The van der Waals surface area contributed by atoms with Gasteiger partial charge in [-0.05, 0) is 50.2 Å². The minimum Gasteiger partial charge on any atom is -0.507 e. The van der Waals surface area contributed by atoms with E-state index in [2.05, 4.69) is 41.7 Å². The molecule has 0 unspecified atom stereocenters. The van der Waals surface area contributed by atoms with Crippen molar-refractivity contribution in [2.24, 2.45) is 10.2 Å². The fourth-order valence-corrected chi connectivity index (χ4v) is 6.15. The Hall–Kier alpha value is -5.28. The monoisotopic (exact) mass is 835 g/mol. The molecule has 275 valence electrons. The second-order valence-electron chi connectivity index (χ2n) is 10.7. The summed E-state index contributed by atoms with van der Waals surface area (Å²) < 4.78 is 0. The molecule has 53 heavy (non-hydrogen) atoms. The van der Waals surface area contributed by atoms with Gasteiger partial charge in [0, 0.05) is 60.1 Å². The molecule has 0 fully saturated rings. The number of phenolic OH excluding ortho intramolecular Hbond substituents is 2. The van der Waals surface area contributed by atoms with E-state index in [-0.39, 0.29) is 28.6 Å². The quantitative estimate of drug-likeness (QED) is 0.0506. The van der Waals surface area contributed by atoms with Crippen LogP contribution in [0, 0.1) is 0 Å². The van der Waals surface area contributed by atoms with Crippen molar-refractivity contribution in [2.75, 3.05) is 10.6 Å². The Bertz CT molecular complexity index is 2080. The minimum atomic E-state index is -0.528. The zero-order valence-corrected chi connectivity index (χ0v) is 31.9. The van der Waals surface area contributed by atoms with Gasteiger partial charge in [-0.2, -0.15) is 10.2 Å². The van der Waals surface area contributed by atoms with Crippen molar-refractivity contribution in [1.82, 2.24) is 20.8 Å². The zero-order chi connectivity index (χ0) is 37.0. The van der Waals surface area contributed by atoms with Crippen LogP contribution in [0.2, 0.25) is 10.0 Å². The van der Waals surface area contributed by atoms with Crippen LogP contribution in [-0.2, 0) is 17.1 Å². The van der Waals surface area contributed by atoms with Crippen LogP contribution in [0.1, 0.15) is 25.0 Å². The van der Waals surface area contributed by atoms with E-state index in [1.54, 1.807) is 38.1 Å². The SMILES string of the molecule is C/C(=N/NC(=O)Nc1nc(-c2ccccc2)cs1)c1cc(Cl)ccc1O.C/C(=N/NC(=O)Nc1nc(-c2ccccc2)cs1)c1cc(Cl)ccc1O.[Cu]. The van der Waals surface area contributed by atoms with Gasteiger partial charge >= 0.3 is 12.1 Å². The summed E-state index contributed by atoms with van der Waals surface area (Å²) in [6, 6.07) is 27.5. The first kappa shape index (κ1) is 40.5. The van der Waals surface area contributed by atoms with Crippen LogP contribution < -0.4 is 21.5 Å². The fourth-order valence-electron chi connectivity index (χ4n) is 4.38. The van der Waals surface area contributed by atoms with Gasteiger partial charge in [-0.1, -0.05) is 83.9 Å². The molecule has 6 N–H and O–H groups in total. The van der Waals surface area contributed by atoms with E-state index in [0.717, 1.165) is 22.5 Å². The summed E-state index contributed by atoms with van der Waals surface area (Å²) in [6.45, 7) is 3.31. The van der Waals surface area contributed by atoms with Gasteiger partial charge in [0.25, 0.3) is 0 Å². The Balaban J connectivity index is 0.000000232. The van der Waals surface area contributed by atoms with Crippen molar-refractivity contribution in [1.29, 1.82) is 0 Å². The molecule has 0 saturated heterocycles. The average molecular weight is 837 g/mol. The molecule has 4 aromatic carbocycles. The second-order valence-corrected chi connectivity index (χ2v) is 13.2. The van der Waals surface area contributed by atoms with Crippen LogP contribution >= 0.6 is 45.9 Å². The van der Waals surface area contributed by atoms with Gasteiger partial charge in [0.2, 0.25) is 0 Å². The Kier molecular flexibility index (Phi) is 14.9. The van der Waals surface area contributed by atoms with Crippen LogP contribution in [0.3, 0.4) is 0 Å². The summed E-state index contributed by atoms with van der Waals surface area (Å²) in [7, 11) is 0. The molecular formula is C36H30Cl2CuN8O4S2. The molecule has 0 aliphatic rings. The van der Waals surface area contributed by atoms with Crippen molar-refractivity contribution >= 4 is 79.6 Å². The van der Waals surface area contributed by atoms with Gasteiger partial charge in [-0.15, -0.1) is 22.7 Å². The van der Waals surface area contributed by atoms with Gasteiger partial charge in [-0.25, -0.2) is 30.4 Å². The summed E-state index contributed by atoms with van der Waals surface area (Å²) in [5.41, 5.74) is 10.0. The van der Waals surface area contributed by atoms with Crippen molar-refractivity contribution in [3.8, 4) is 34.0 Å². The van der Waals surface area contributed by atoms with Crippen LogP contribution in [-0.4, -0.2) is 43.7 Å². The number of nitrogens with one attached hydrogen (secondary N) is 4.